The molecule has 26 heavy (non-hydrogen) atoms. The Morgan fingerprint density at radius 3 is 2.58 bits per heavy atom. The molecule has 8 nitrogen and oxygen atoms in total. The highest BCUT2D eigenvalue weighted by molar-refractivity contribution is 5.82. The van der Waals surface area contributed by atoms with E-state index in [9.17, 15) is 18.4 Å². The van der Waals surface area contributed by atoms with Gasteiger partial charge in [-0.1, -0.05) is 10.3 Å². The molecule has 10 heteroatoms. The number of likely N-dealkylation sites (tertiary alicyclic amines) is 1. The van der Waals surface area contributed by atoms with Gasteiger partial charge in [-0.2, -0.15) is 0 Å². The fourth-order valence-corrected chi connectivity index (χ4v) is 3.16. The molecular weight excluding hydrogens is 350 g/mol. The van der Waals surface area contributed by atoms with Crippen LogP contribution in [0.15, 0.2) is 4.63 Å². The van der Waals surface area contributed by atoms with E-state index in [1.807, 2.05) is 0 Å². The predicted molar refractivity (Wildman–Crippen MR) is 84.4 cm³/mol. The van der Waals surface area contributed by atoms with Crippen molar-refractivity contribution in [1.82, 2.24) is 20.1 Å². The fraction of sp³-hybridized carbons (Fsp3) is 0.750. The normalized spacial score (nSPS) is 23.6. The first-order chi connectivity index (χ1) is 12.4. The first-order valence-electron chi connectivity index (χ1n) is 8.66. The SMILES string of the molecule is Cc1nonc1CC(=O)N1CCOCC(C(=O)N2CCC(F)(F)CC2)C1. The number of hydrogen-bond donors (Lipinski definition) is 0. The molecule has 1 unspecified atom stereocenters. The molecule has 0 saturated carbocycles. The van der Waals surface area contributed by atoms with Crippen molar-refractivity contribution in [2.45, 2.75) is 32.1 Å². The highest BCUT2D eigenvalue weighted by atomic mass is 19.3. The van der Waals surface area contributed by atoms with E-state index in [0.29, 0.717) is 24.5 Å². The van der Waals surface area contributed by atoms with Crippen molar-refractivity contribution < 1.29 is 27.7 Å². The Hall–Kier alpha value is -2.10. The van der Waals surface area contributed by atoms with Crippen LogP contribution >= 0.6 is 0 Å². The van der Waals surface area contributed by atoms with Crippen molar-refractivity contribution >= 4 is 11.8 Å². The number of piperidine rings is 1. The van der Waals surface area contributed by atoms with Crippen molar-refractivity contribution in [2.24, 2.45) is 5.92 Å². The molecule has 0 spiro atoms. The number of halogens is 2. The Bertz CT molecular complexity index is 656. The number of aryl methyl sites for hydroxylation is 1. The zero-order chi connectivity index (χ0) is 18.7. The molecule has 144 valence electrons. The van der Waals surface area contributed by atoms with Gasteiger partial charge in [0.1, 0.15) is 11.4 Å². The van der Waals surface area contributed by atoms with Gasteiger partial charge in [0, 0.05) is 39.0 Å². The topological polar surface area (TPSA) is 88.8 Å². The van der Waals surface area contributed by atoms with Gasteiger partial charge < -0.3 is 14.5 Å². The van der Waals surface area contributed by atoms with E-state index in [0.717, 1.165) is 0 Å². The molecule has 1 atom stereocenters. The molecule has 0 bridgehead atoms. The van der Waals surface area contributed by atoms with Crippen molar-refractivity contribution in [3.05, 3.63) is 11.4 Å². The maximum atomic E-state index is 13.3. The van der Waals surface area contributed by atoms with Gasteiger partial charge in [-0.25, -0.2) is 13.4 Å². The Labute approximate surface area is 149 Å². The van der Waals surface area contributed by atoms with Crippen LogP contribution in [0.2, 0.25) is 0 Å². The van der Waals surface area contributed by atoms with Crippen LogP contribution in [-0.4, -0.2) is 77.2 Å². The average molecular weight is 372 g/mol. The summed E-state index contributed by atoms with van der Waals surface area (Å²) in [5.41, 5.74) is 1.01. The molecule has 2 saturated heterocycles. The lowest BCUT2D eigenvalue weighted by Crippen LogP contribution is -2.48. The van der Waals surface area contributed by atoms with Crippen LogP contribution < -0.4 is 0 Å². The summed E-state index contributed by atoms with van der Waals surface area (Å²) in [6.45, 7) is 2.83. The highest BCUT2D eigenvalue weighted by Crippen LogP contribution is 2.28. The van der Waals surface area contributed by atoms with Crippen molar-refractivity contribution in [3.8, 4) is 0 Å². The molecule has 0 radical (unpaired) electrons. The molecule has 1 aromatic heterocycles. The van der Waals surface area contributed by atoms with Gasteiger partial charge in [0.2, 0.25) is 11.8 Å². The number of rotatable bonds is 3. The highest BCUT2D eigenvalue weighted by Gasteiger charge is 2.38. The summed E-state index contributed by atoms with van der Waals surface area (Å²) in [5.74, 6) is -3.69. The van der Waals surface area contributed by atoms with Gasteiger partial charge in [-0.15, -0.1) is 0 Å². The molecule has 1 aromatic rings. The second-order valence-electron chi connectivity index (χ2n) is 6.77. The van der Waals surface area contributed by atoms with E-state index in [1.165, 1.54) is 4.90 Å². The van der Waals surface area contributed by atoms with E-state index >= 15 is 0 Å². The summed E-state index contributed by atoms with van der Waals surface area (Å²) < 4.78 is 36.6. The minimum atomic E-state index is -2.71. The standard InChI is InChI=1S/C16H22F2N4O4/c1-11-13(20-26-19-11)8-14(23)22-6-7-25-10-12(9-22)15(24)21-4-2-16(17,18)3-5-21/h12H,2-10H2,1H3. The van der Waals surface area contributed by atoms with E-state index in [2.05, 4.69) is 14.9 Å². The van der Waals surface area contributed by atoms with Crippen LogP contribution in [0.4, 0.5) is 8.78 Å². The van der Waals surface area contributed by atoms with Gasteiger partial charge in [-0.3, -0.25) is 9.59 Å². The van der Waals surface area contributed by atoms with Crippen molar-refractivity contribution in [3.63, 3.8) is 0 Å². The van der Waals surface area contributed by atoms with E-state index in [-0.39, 0.29) is 57.3 Å². The number of carbonyl (C=O) groups excluding carboxylic acids is 2. The summed E-state index contributed by atoms with van der Waals surface area (Å²) in [5, 5.41) is 7.35. The third kappa shape index (κ3) is 4.35. The maximum absolute atomic E-state index is 13.3. The summed E-state index contributed by atoms with van der Waals surface area (Å²) in [7, 11) is 0. The molecule has 0 N–H and O–H groups in total. The van der Waals surface area contributed by atoms with Crippen LogP contribution in [0.1, 0.15) is 24.2 Å². The second-order valence-corrected chi connectivity index (χ2v) is 6.77. The number of aromatic nitrogens is 2. The summed E-state index contributed by atoms with van der Waals surface area (Å²) in [6, 6.07) is 0. The molecular formula is C16H22F2N4O4. The fourth-order valence-electron chi connectivity index (χ4n) is 3.16. The summed E-state index contributed by atoms with van der Waals surface area (Å²) in [6.07, 6.45) is -0.618. The zero-order valence-electron chi connectivity index (χ0n) is 14.6. The summed E-state index contributed by atoms with van der Waals surface area (Å²) >= 11 is 0. The lowest BCUT2D eigenvalue weighted by molar-refractivity contribution is -0.144. The first kappa shape index (κ1) is 18.7. The van der Waals surface area contributed by atoms with Crippen LogP contribution in [0, 0.1) is 12.8 Å². The lowest BCUT2D eigenvalue weighted by Gasteiger charge is -2.34. The quantitative estimate of drug-likeness (QED) is 0.774. The van der Waals surface area contributed by atoms with Gasteiger partial charge >= 0.3 is 0 Å². The Balaban J connectivity index is 1.61. The minimum Gasteiger partial charge on any atom is -0.379 e. The largest absolute Gasteiger partial charge is 0.379 e. The predicted octanol–water partition coefficient (Wildman–Crippen LogP) is 0.653. The molecule has 2 aliphatic heterocycles. The maximum Gasteiger partial charge on any atom is 0.251 e. The van der Waals surface area contributed by atoms with Gasteiger partial charge in [-0.05, 0) is 6.92 Å². The zero-order valence-corrected chi connectivity index (χ0v) is 14.6. The van der Waals surface area contributed by atoms with E-state index in [4.69, 9.17) is 4.74 Å². The molecule has 2 fully saturated rings. The van der Waals surface area contributed by atoms with E-state index < -0.39 is 11.8 Å². The molecule has 0 aliphatic carbocycles. The van der Waals surface area contributed by atoms with Crippen LogP contribution in [-0.2, 0) is 20.7 Å². The number of ether oxygens (including phenoxy) is 1. The third-order valence-electron chi connectivity index (χ3n) is 4.84. The van der Waals surface area contributed by atoms with Crippen LogP contribution in [0.3, 0.4) is 0 Å². The second kappa shape index (κ2) is 7.65. The van der Waals surface area contributed by atoms with Gasteiger partial charge in [0.05, 0.1) is 25.6 Å². The molecule has 0 aromatic carbocycles. The van der Waals surface area contributed by atoms with Crippen molar-refractivity contribution in [2.75, 3.05) is 39.4 Å². The first-order valence-corrected chi connectivity index (χ1v) is 8.66. The monoisotopic (exact) mass is 372 g/mol. The Kier molecular flexibility index (Phi) is 5.49. The molecule has 3 heterocycles. The van der Waals surface area contributed by atoms with Gasteiger partial charge in [0.25, 0.3) is 5.92 Å². The van der Waals surface area contributed by atoms with Crippen molar-refractivity contribution in [1.29, 1.82) is 0 Å². The van der Waals surface area contributed by atoms with Gasteiger partial charge in [0.15, 0.2) is 0 Å². The van der Waals surface area contributed by atoms with Crippen LogP contribution in [0.25, 0.3) is 0 Å². The number of hydrogen-bond acceptors (Lipinski definition) is 6. The molecule has 2 amide bonds. The molecule has 3 rings (SSSR count). The number of carbonyl (C=O) groups is 2. The Morgan fingerprint density at radius 2 is 1.92 bits per heavy atom. The molecule has 2 aliphatic rings. The third-order valence-corrected chi connectivity index (χ3v) is 4.84. The summed E-state index contributed by atoms with van der Waals surface area (Å²) in [4.78, 5) is 28.2. The number of alkyl halides is 2. The van der Waals surface area contributed by atoms with Crippen LogP contribution in [0.5, 0.6) is 0 Å². The Morgan fingerprint density at radius 1 is 1.19 bits per heavy atom. The lowest BCUT2D eigenvalue weighted by atomic mass is 10.0. The minimum absolute atomic E-state index is 0.0279. The average Bonchev–Trinajstić information content (AvgIpc) is 2.86. The smallest absolute Gasteiger partial charge is 0.251 e. The van der Waals surface area contributed by atoms with E-state index in [1.54, 1.807) is 11.8 Å². The number of nitrogens with zero attached hydrogens (tertiary/aromatic N) is 4. The number of amides is 2.